The van der Waals surface area contributed by atoms with E-state index in [1.54, 1.807) is 44.4 Å². The van der Waals surface area contributed by atoms with Crippen molar-refractivity contribution in [2.45, 2.75) is 25.6 Å². The van der Waals surface area contributed by atoms with Gasteiger partial charge in [-0.15, -0.1) is 5.10 Å². The maximum absolute atomic E-state index is 12.5. The Morgan fingerprint density at radius 3 is 2.82 bits per heavy atom. The van der Waals surface area contributed by atoms with Crippen molar-refractivity contribution >= 4 is 35.1 Å². The van der Waals surface area contributed by atoms with Gasteiger partial charge in [0.2, 0.25) is 5.91 Å². The van der Waals surface area contributed by atoms with Crippen LogP contribution in [0.4, 0.5) is 16.3 Å². The van der Waals surface area contributed by atoms with Crippen molar-refractivity contribution in [3.05, 3.63) is 47.4 Å². The summed E-state index contributed by atoms with van der Waals surface area (Å²) in [7, 11) is 1.64. The van der Waals surface area contributed by atoms with Crippen LogP contribution >= 0.6 is 11.6 Å². The minimum atomic E-state index is -0.708. The van der Waals surface area contributed by atoms with E-state index in [1.165, 1.54) is 10.9 Å². The number of carbonyl (C=O) groups is 2. The predicted octanol–water partition coefficient (Wildman–Crippen LogP) is 3.21. The number of aromatic nitrogens is 5. The van der Waals surface area contributed by atoms with Crippen LogP contribution in [0.25, 0.3) is 11.4 Å². The summed E-state index contributed by atoms with van der Waals surface area (Å²) in [6, 6.07) is 6.86. The van der Waals surface area contributed by atoms with Gasteiger partial charge in [0.05, 0.1) is 29.6 Å². The molecule has 4 heterocycles. The Hall–Kier alpha value is -3.57. The summed E-state index contributed by atoms with van der Waals surface area (Å²) in [4.78, 5) is 33.3. The van der Waals surface area contributed by atoms with Crippen molar-refractivity contribution in [2.24, 2.45) is 18.9 Å². The molecule has 2 N–H and O–H groups in total. The lowest BCUT2D eigenvalue weighted by Crippen LogP contribution is -2.19. The number of aryl methyl sites for hydroxylation is 1. The number of amides is 2. The number of nitrogens with one attached hydrogen (secondary N) is 2. The number of hydrogen-bond donors (Lipinski definition) is 2. The molecule has 1 saturated heterocycles. The molecular weight excluding hydrogens is 462 g/mol. The van der Waals surface area contributed by atoms with Gasteiger partial charge < -0.3 is 14.8 Å². The first-order valence-electron chi connectivity index (χ1n) is 10.8. The molecule has 3 unspecified atom stereocenters. The standard InChI is InChI=1S/C22H22ClN7O4/c1-11(13-4-3-8-24-19(13)23)34-22(32)27-20-17(28-29-30(20)2)15-6-5-12(10-25-15)26-21(31)16-14-7-9-33-18(14)16/h3-6,8,10-11,14,16,18H,7,9H2,1-2H3,(H,26,31)(H,27,32)/t11-,14?,16?,18?/m1/s1. The van der Waals surface area contributed by atoms with E-state index in [2.05, 4.69) is 30.9 Å². The summed E-state index contributed by atoms with van der Waals surface area (Å²) >= 11 is 6.08. The molecule has 0 bridgehead atoms. The van der Waals surface area contributed by atoms with Crippen molar-refractivity contribution in [3.8, 4) is 11.4 Å². The second-order valence-electron chi connectivity index (χ2n) is 8.20. The van der Waals surface area contributed by atoms with E-state index in [0.717, 1.165) is 13.0 Å². The van der Waals surface area contributed by atoms with Gasteiger partial charge in [-0.05, 0) is 31.5 Å². The molecule has 34 heavy (non-hydrogen) atoms. The van der Waals surface area contributed by atoms with Crippen LogP contribution < -0.4 is 10.6 Å². The number of ether oxygens (including phenoxy) is 2. The SMILES string of the molecule is C[C@@H](OC(=O)Nc1c(-c2ccc(NC(=O)C3C4CCOC43)cn2)nnn1C)c1cccnc1Cl. The molecule has 0 radical (unpaired) electrons. The number of hydrogen-bond acceptors (Lipinski definition) is 8. The predicted molar refractivity (Wildman–Crippen MR) is 122 cm³/mol. The van der Waals surface area contributed by atoms with Crippen LogP contribution in [0.5, 0.6) is 0 Å². The van der Waals surface area contributed by atoms with Crippen molar-refractivity contribution in [1.29, 1.82) is 0 Å². The molecule has 3 aromatic rings. The van der Waals surface area contributed by atoms with Crippen LogP contribution in [0.3, 0.4) is 0 Å². The monoisotopic (exact) mass is 483 g/mol. The molecular formula is C22H22ClN7O4. The minimum Gasteiger partial charge on any atom is -0.441 e. The van der Waals surface area contributed by atoms with Crippen molar-refractivity contribution in [3.63, 3.8) is 0 Å². The number of carbonyl (C=O) groups excluding carboxylic acids is 2. The van der Waals surface area contributed by atoms with Gasteiger partial charge in [0.1, 0.15) is 11.3 Å². The van der Waals surface area contributed by atoms with Gasteiger partial charge in [-0.3, -0.25) is 15.1 Å². The van der Waals surface area contributed by atoms with E-state index in [-0.39, 0.29) is 23.1 Å². The van der Waals surface area contributed by atoms with Gasteiger partial charge in [-0.1, -0.05) is 22.9 Å². The maximum Gasteiger partial charge on any atom is 0.413 e. The van der Waals surface area contributed by atoms with Crippen LogP contribution in [0.2, 0.25) is 5.15 Å². The Kier molecular flexibility index (Phi) is 5.88. The molecule has 1 aliphatic carbocycles. The molecule has 1 saturated carbocycles. The Balaban J connectivity index is 1.24. The third-order valence-electron chi connectivity index (χ3n) is 5.99. The van der Waals surface area contributed by atoms with Gasteiger partial charge in [-0.25, -0.2) is 14.5 Å². The number of anilines is 2. The smallest absolute Gasteiger partial charge is 0.413 e. The van der Waals surface area contributed by atoms with Crippen molar-refractivity contribution in [2.75, 3.05) is 17.2 Å². The fourth-order valence-electron chi connectivity index (χ4n) is 4.15. The van der Waals surface area contributed by atoms with Crippen molar-refractivity contribution < 1.29 is 19.1 Å². The molecule has 2 fully saturated rings. The quantitative estimate of drug-likeness (QED) is 0.510. The summed E-state index contributed by atoms with van der Waals surface area (Å²) in [5.74, 6) is 0.495. The molecule has 5 rings (SSSR count). The molecule has 0 aromatic carbocycles. The number of nitrogens with zero attached hydrogens (tertiary/aromatic N) is 5. The summed E-state index contributed by atoms with van der Waals surface area (Å²) in [5, 5.41) is 13.9. The van der Waals surface area contributed by atoms with Crippen LogP contribution in [-0.4, -0.2) is 49.7 Å². The third-order valence-corrected chi connectivity index (χ3v) is 6.31. The number of fused-ring (bicyclic) bond motifs is 1. The normalized spacial score (nSPS) is 21.4. The van der Waals surface area contributed by atoms with Gasteiger partial charge >= 0.3 is 6.09 Å². The van der Waals surface area contributed by atoms with Gasteiger partial charge in [0.25, 0.3) is 0 Å². The van der Waals surface area contributed by atoms with E-state index in [0.29, 0.717) is 34.4 Å². The van der Waals surface area contributed by atoms with E-state index >= 15 is 0 Å². The van der Waals surface area contributed by atoms with Crippen LogP contribution in [0, 0.1) is 11.8 Å². The van der Waals surface area contributed by atoms with Crippen LogP contribution in [-0.2, 0) is 21.3 Å². The summed E-state index contributed by atoms with van der Waals surface area (Å²) in [6.07, 6.45) is 2.75. The fourth-order valence-corrected chi connectivity index (χ4v) is 4.43. The van der Waals surface area contributed by atoms with Gasteiger partial charge in [0.15, 0.2) is 11.5 Å². The second kappa shape index (κ2) is 8.99. The summed E-state index contributed by atoms with van der Waals surface area (Å²) in [6.45, 7) is 2.42. The number of pyridine rings is 2. The summed E-state index contributed by atoms with van der Waals surface area (Å²) < 4.78 is 12.4. The van der Waals surface area contributed by atoms with Gasteiger partial charge in [-0.2, -0.15) is 0 Å². The molecule has 11 nitrogen and oxygen atoms in total. The zero-order valence-corrected chi connectivity index (χ0v) is 19.2. The highest BCUT2D eigenvalue weighted by Crippen LogP contribution is 2.49. The first-order valence-corrected chi connectivity index (χ1v) is 11.2. The molecule has 2 aliphatic rings. The lowest BCUT2D eigenvalue weighted by molar-refractivity contribution is -0.118. The third kappa shape index (κ3) is 4.31. The fraction of sp³-hybridized carbons (Fsp3) is 0.364. The van der Waals surface area contributed by atoms with Crippen LogP contribution in [0.1, 0.15) is 25.0 Å². The highest BCUT2D eigenvalue weighted by atomic mass is 35.5. The second-order valence-corrected chi connectivity index (χ2v) is 8.56. The largest absolute Gasteiger partial charge is 0.441 e. The first-order chi connectivity index (χ1) is 16.4. The molecule has 1 aliphatic heterocycles. The first kappa shape index (κ1) is 22.2. The Labute approximate surface area is 199 Å². The van der Waals surface area contributed by atoms with Crippen molar-refractivity contribution in [1.82, 2.24) is 25.0 Å². The zero-order valence-electron chi connectivity index (χ0n) is 18.4. The topological polar surface area (TPSA) is 133 Å². The van der Waals surface area contributed by atoms with E-state index in [4.69, 9.17) is 21.1 Å². The Morgan fingerprint density at radius 2 is 2.12 bits per heavy atom. The molecule has 12 heteroatoms. The zero-order chi connectivity index (χ0) is 23.8. The van der Waals surface area contributed by atoms with E-state index in [9.17, 15) is 9.59 Å². The maximum atomic E-state index is 12.5. The molecule has 4 atom stereocenters. The Morgan fingerprint density at radius 1 is 1.26 bits per heavy atom. The Bertz CT molecular complexity index is 1220. The van der Waals surface area contributed by atoms with E-state index in [1.807, 2.05) is 0 Å². The van der Waals surface area contributed by atoms with Crippen LogP contribution in [0.15, 0.2) is 36.7 Å². The molecule has 0 spiro atoms. The van der Waals surface area contributed by atoms with Gasteiger partial charge in [0, 0.05) is 31.3 Å². The summed E-state index contributed by atoms with van der Waals surface area (Å²) in [5.41, 5.74) is 1.98. The number of halogens is 1. The minimum absolute atomic E-state index is 0.0529. The molecule has 176 valence electrons. The highest BCUT2D eigenvalue weighted by Gasteiger charge is 2.58. The highest BCUT2D eigenvalue weighted by molar-refractivity contribution is 6.30. The molecule has 3 aromatic heterocycles. The lowest BCUT2D eigenvalue weighted by Gasteiger charge is -2.15. The number of rotatable bonds is 6. The average molecular weight is 484 g/mol. The van der Waals surface area contributed by atoms with E-state index < -0.39 is 12.2 Å². The molecule has 2 amide bonds. The lowest BCUT2D eigenvalue weighted by atomic mass is 10.2. The average Bonchev–Trinajstić information content (AvgIpc) is 3.10.